The Balaban J connectivity index is 1.07. The molecule has 0 bridgehead atoms. The molecule has 4 heteroatoms. The molecular weight excluding hydrogens is 1040 g/mol. The number of hydrogen-bond donors (Lipinski definition) is 0. The molecule has 3 heterocycles. The molecule has 1 saturated carbocycles. The van der Waals surface area contributed by atoms with E-state index < -0.39 is 0 Å². The van der Waals surface area contributed by atoms with Crippen LogP contribution >= 0.6 is 0 Å². The Hall–Kier alpha value is -7.22. The van der Waals surface area contributed by atoms with Crippen LogP contribution in [0.1, 0.15) is 199 Å². The van der Waals surface area contributed by atoms with Crippen LogP contribution in [0.3, 0.4) is 0 Å². The summed E-state index contributed by atoms with van der Waals surface area (Å²) < 4.78 is 0. The van der Waals surface area contributed by atoms with Gasteiger partial charge in [-0.2, -0.15) is 0 Å². The molecule has 16 rings (SSSR count). The summed E-state index contributed by atoms with van der Waals surface area (Å²) >= 11 is 0. The maximum atomic E-state index is 3.72. The highest BCUT2D eigenvalue weighted by atomic mass is 15.3. The molecule has 0 radical (unpaired) electrons. The Kier molecular flexibility index (Phi) is 11.0. The minimum atomic E-state index is -0.199. The van der Waals surface area contributed by atoms with Crippen molar-refractivity contribution in [3.8, 4) is 11.1 Å². The zero-order chi connectivity index (χ0) is 59.8. The smallest absolute Gasteiger partial charge is 0.252 e. The molecule has 0 amide bonds. The van der Waals surface area contributed by atoms with Gasteiger partial charge in [0.05, 0.1) is 5.54 Å². The van der Waals surface area contributed by atoms with Crippen LogP contribution in [-0.2, 0) is 37.9 Å². The van der Waals surface area contributed by atoms with E-state index in [-0.39, 0.29) is 50.2 Å². The zero-order valence-corrected chi connectivity index (χ0v) is 54.1. The Morgan fingerprint density at radius 2 is 0.895 bits per heavy atom. The molecule has 0 N–H and O–H groups in total. The van der Waals surface area contributed by atoms with E-state index in [1.54, 1.807) is 0 Å². The summed E-state index contributed by atoms with van der Waals surface area (Å²) in [6.45, 7) is 37.8. The lowest BCUT2D eigenvalue weighted by Crippen LogP contribution is -2.62. The lowest BCUT2D eigenvalue weighted by atomic mass is 9.32. The van der Waals surface area contributed by atoms with Crippen molar-refractivity contribution in [3.05, 3.63) is 196 Å². The molecule has 3 aliphatic heterocycles. The lowest BCUT2D eigenvalue weighted by molar-refractivity contribution is 0.195. The van der Waals surface area contributed by atoms with Gasteiger partial charge < -0.3 is 14.7 Å². The third-order valence-electron chi connectivity index (χ3n) is 24.2. The van der Waals surface area contributed by atoms with Crippen LogP contribution in [0, 0.1) is 19.1 Å². The molecule has 86 heavy (non-hydrogen) atoms. The van der Waals surface area contributed by atoms with Crippen LogP contribution in [0.25, 0.3) is 32.7 Å². The molecular formula is C82H86BN3. The summed E-state index contributed by atoms with van der Waals surface area (Å²) in [6.07, 6.45) is 10.4. The molecule has 432 valence electrons. The van der Waals surface area contributed by atoms with E-state index in [4.69, 9.17) is 0 Å². The number of anilines is 8. The highest BCUT2D eigenvalue weighted by Gasteiger charge is 2.59. The van der Waals surface area contributed by atoms with Crippen LogP contribution in [-0.4, -0.2) is 12.3 Å². The predicted octanol–water partition coefficient (Wildman–Crippen LogP) is 20.1. The Morgan fingerprint density at radius 1 is 0.372 bits per heavy atom. The van der Waals surface area contributed by atoms with Crippen molar-refractivity contribution < 1.29 is 0 Å². The minimum absolute atomic E-state index is 0.00152. The van der Waals surface area contributed by atoms with E-state index in [1.807, 2.05) is 0 Å². The van der Waals surface area contributed by atoms with Crippen molar-refractivity contribution in [1.82, 2.24) is 0 Å². The van der Waals surface area contributed by atoms with Gasteiger partial charge in [-0.25, -0.2) is 0 Å². The molecule has 2 atom stereocenters. The van der Waals surface area contributed by atoms with Crippen LogP contribution in [0.4, 0.5) is 45.5 Å². The number of aryl methyl sites for hydroxylation is 1. The lowest BCUT2D eigenvalue weighted by Gasteiger charge is -2.52. The first kappa shape index (κ1) is 54.2. The fourth-order valence-corrected chi connectivity index (χ4v) is 19.0. The van der Waals surface area contributed by atoms with Gasteiger partial charge in [0, 0.05) is 61.7 Å². The highest BCUT2D eigenvalue weighted by Crippen LogP contribution is 2.63. The molecule has 3 nitrogen and oxygen atoms in total. The van der Waals surface area contributed by atoms with Crippen molar-refractivity contribution in [2.45, 2.75) is 205 Å². The van der Waals surface area contributed by atoms with E-state index in [2.05, 4.69) is 270 Å². The summed E-state index contributed by atoms with van der Waals surface area (Å²) in [7, 11) is 0. The second-order valence-corrected chi connectivity index (χ2v) is 32.4. The van der Waals surface area contributed by atoms with Gasteiger partial charge in [-0.3, -0.25) is 0 Å². The summed E-state index contributed by atoms with van der Waals surface area (Å²) in [4.78, 5) is 8.43. The van der Waals surface area contributed by atoms with Gasteiger partial charge >= 0.3 is 0 Å². The normalized spacial score (nSPS) is 23.3. The summed E-state index contributed by atoms with van der Waals surface area (Å²) in [5.74, 6) is 0. The van der Waals surface area contributed by atoms with Crippen molar-refractivity contribution in [1.29, 1.82) is 0 Å². The van der Waals surface area contributed by atoms with Crippen molar-refractivity contribution in [2.24, 2.45) is 0 Å². The third-order valence-corrected chi connectivity index (χ3v) is 24.2. The van der Waals surface area contributed by atoms with Gasteiger partial charge in [0.15, 0.2) is 0 Å². The van der Waals surface area contributed by atoms with Gasteiger partial charge in [0.1, 0.15) is 0 Å². The first-order valence-electron chi connectivity index (χ1n) is 32.8. The maximum Gasteiger partial charge on any atom is 0.252 e. The van der Waals surface area contributed by atoms with Crippen LogP contribution in [0.5, 0.6) is 0 Å². The summed E-state index contributed by atoms with van der Waals surface area (Å²) in [5.41, 5.74) is 28.8. The van der Waals surface area contributed by atoms with Gasteiger partial charge in [-0.1, -0.05) is 194 Å². The number of rotatable bonds is 4. The van der Waals surface area contributed by atoms with Gasteiger partial charge in [-0.05, 0) is 235 Å². The molecule has 1 fully saturated rings. The molecule has 0 aromatic heterocycles. The summed E-state index contributed by atoms with van der Waals surface area (Å²) in [5, 5.41) is 4.62. The summed E-state index contributed by atoms with van der Waals surface area (Å²) in [6, 6.07) is 63.5. The van der Waals surface area contributed by atoms with Crippen LogP contribution in [0.2, 0.25) is 0 Å². The van der Waals surface area contributed by atoms with E-state index in [0.29, 0.717) is 0 Å². The zero-order valence-electron chi connectivity index (χ0n) is 54.1. The van der Waals surface area contributed by atoms with E-state index >= 15 is 0 Å². The monoisotopic (exact) mass is 1120 g/mol. The second kappa shape index (κ2) is 17.5. The van der Waals surface area contributed by atoms with Gasteiger partial charge in [-0.15, -0.1) is 0 Å². The largest absolute Gasteiger partial charge is 0.334 e. The van der Waals surface area contributed by atoms with Crippen LogP contribution in [0.15, 0.2) is 140 Å². The Bertz CT molecular complexity index is 4420. The number of hydrogen-bond acceptors (Lipinski definition) is 3. The average Bonchev–Trinajstić information content (AvgIpc) is 1.05. The SMILES string of the molecule is Cc1cc2c(cc1N1c3cc4c(cc3B3c5cc6c(cc5N(c5ccc7c(c#cc8ccccc87)c5)c5cc(N7c8ccc(-c9ccccc9)cc8C8(C)CCCCC78C)cc1c53)C(C)(C)CCC6(C)C)C(C)(C)CCC4(C)C)C(C)(C)CC2(C)C. The predicted molar refractivity (Wildman–Crippen MR) is 367 cm³/mol. The Morgan fingerprint density at radius 3 is 1.55 bits per heavy atom. The Labute approximate surface area is 514 Å². The fraction of sp³-hybridized carbons (Fsp3) is 0.390. The number of fused-ring (bicyclic) bond motifs is 13. The molecule has 0 saturated heterocycles. The molecule has 7 aliphatic rings. The standard InChI is InChI=1S/C82H86BN3/c1-50-39-59-64(80(12,13)49-79(59,10)11)46-69(50)85-71-48-63-61(76(4,5)36-38-78(63,8)9)45-67(71)83-66-44-60-62(77(6,7)37-35-75(60,2)3)47-70(66)84(55-30-31-58-54(40-55)28-27-52-25-19-20-26-57(52)58)72-42-56(43-73(85)74(72)83)86-68-32-29-53(51-23-17-16-18-24-51)41-65(68)81(14)33-21-22-34-82(81,86)15/h16-20,23-26,29-32,39-48H,21-22,33-38,49H2,1-15H3. The molecule has 2 unspecified atom stereocenters. The highest BCUT2D eigenvalue weighted by molar-refractivity contribution is 7.00. The van der Waals surface area contributed by atoms with Crippen molar-refractivity contribution in [2.75, 3.05) is 14.7 Å². The van der Waals surface area contributed by atoms with Gasteiger partial charge in [0.25, 0.3) is 6.71 Å². The van der Waals surface area contributed by atoms with E-state index in [0.717, 1.165) is 61.4 Å². The first-order chi connectivity index (χ1) is 40.7. The van der Waals surface area contributed by atoms with Gasteiger partial charge in [0.2, 0.25) is 0 Å². The maximum absolute atomic E-state index is 3.72. The van der Waals surface area contributed by atoms with Crippen molar-refractivity contribution in [3.63, 3.8) is 0 Å². The minimum Gasteiger partial charge on any atom is -0.334 e. The quantitative estimate of drug-likeness (QED) is 0.163. The average molecular weight is 1120 g/mol. The topological polar surface area (TPSA) is 9.72 Å². The van der Waals surface area contributed by atoms with Crippen LogP contribution < -0.4 is 31.1 Å². The molecule has 4 aliphatic carbocycles. The number of benzene rings is 8. The number of nitrogens with zero attached hydrogens (tertiary/aromatic N) is 3. The fourth-order valence-electron chi connectivity index (χ4n) is 19.0. The first-order valence-corrected chi connectivity index (χ1v) is 32.8. The molecule has 9 aromatic rings. The molecule has 0 spiro atoms. The van der Waals surface area contributed by atoms with E-state index in [9.17, 15) is 0 Å². The second-order valence-electron chi connectivity index (χ2n) is 32.4. The van der Waals surface area contributed by atoms with E-state index in [1.165, 1.54) is 135 Å². The van der Waals surface area contributed by atoms with Crippen molar-refractivity contribution >= 4 is 90.1 Å². The third kappa shape index (κ3) is 7.36. The molecule has 9 aromatic carbocycles.